The van der Waals surface area contributed by atoms with Crippen LogP contribution < -0.4 is 10.6 Å². The molecule has 4 nitrogen and oxygen atoms in total. The lowest BCUT2D eigenvalue weighted by Crippen LogP contribution is -2.57. The molecule has 0 radical (unpaired) electrons. The summed E-state index contributed by atoms with van der Waals surface area (Å²) >= 11 is 0. The van der Waals surface area contributed by atoms with Gasteiger partial charge in [-0.2, -0.15) is 0 Å². The fourth-order valence-corrected chi connectivity index (χ4v) is 3.65. The van der Waals surface area contributed by atoms with Gasteiger partial charge in [0.2, 0.25) is 0 Å². The molecule has 1 saturated carbocycles. The highest BCUT2D eigenvalue weighted by Gasteiger charge is 2.37. The van der Waals surface area contributed by atoms with Crippen molar-refractivity contribution in [1.82, 2.24) is 15.6 Å². The van der Waals surface area contributed by atoms with Gasteiger partial charge in [0.15, 0.2) is 0 Å². The third-order valence-corrected chi connectivity index (χ3v) is 4.67. The third-order valence-electron chi connectivity index (χ3n) is 4.67. The van der Waals surface area contributed by atoms with Crippen molar-refractivity contribution >= 4 is 5.91 Å². The Morgan fingerprint density at radius 3 is 2.90 bits per heavy atom. The first-order valence-electron chi connectivity index (χ1n) is 7.74. The fourth-order valence-electron chi connectivity index (χ4n) is 3.65. The van der Waals surface area contributed by atoms with Crippen LogP contribution >= 0.6 is 0 Å². The van der Waals surface area contributed by atoms with Crippen molar-refractivity contribution in [3.8, 4) is 0 Å². The summed E-state index contributed by atoms with van der Waals surface area (Å²) in [6.07, 6.45) is 10.2. The predicted molar refractivity (Wildman–Crippen MR) is 78.5 cm³/mol. The maximum Gasteiger partial charge on any atom is 0.270 e. The molecule has 2 N–H and O–H groups in total. The Bertz CT molecular complexity index is 449. The molecule has 1 aliphatic heterocycles. The van der Waals surface area contributed by atoms with E-state index in [1.165, 1.54) is 32.1 Å². The molecule has 1 aromatic rings. The SMILES string of the molecule is O=C(NC1CCNC2(CCCCC2)C1)c1ccccn1. The normalized spacial score (nSPS) is 25.3. The Balaban J connectivity index is 1.61. The van der Waals surface area contributed by atoms with Gasteiger partial charge in [-0.1, -0.05) is 25.3 Å². The van der Waals surface area contributed by atoms with E-state index in [4.69, 9.17) is 0 Å². The summed E-state index contributed by atoms with van der Waals surface area (Å²) in [7, 11) is 0. The molecule has 4 heteroatoms. The van der Waals surface area contributed by atoms with Crippen LogP contribution in [0.15, 0.2) is 24.4 Å². The molecule has 108 valence electrons. The molecule has 1 unspecified atom stereocenters. The highest BCUT2D eigenvalue weighted by molar-refractivity contribution is 5.92. The molecule has 2 heterocycles. The zero-order chi connectivity index (χ0) is 13.8. The summed E-state index contributed by atoms with van der Waals surface area (Å²) in [5.74, 6) is -0.0385. The molecule has 2 aliphatic rings. The maximum absolute atomic E-state index is 12.2. The van der Waals surface area contributed by atoms with E-state index >= 15 is 0 Å². The number of nitrogens with zero attached hydrogens (tertiary/aromatic N) is 1. The molecule has 1 aliphatic carbocycles. The number of amides is 1. The van der Waals surface area contributed by atoms with E-state index in [-0.39, 0.29) is 17.5 Å². The largest absolute Gasteiger partial charge is 0.348 e. The van der Waals surface area contributed by atoms with Crippen LogP contribution in [0.1, 0.15) is 55.4 Å². The Morgan fingerprint density at radius 2 is 2.15 bits per heavy atom. The maximum atomic E-state index is 12.2. The van der Waals surface area contributed by atoms with Crippen molar-refractivity contribution in [2.45, 2.75) is 56.5 Å². The van der Waals surface area contributed by atoms with E-state index in [9.17, 15) is 4.79 Å². The van der Waals surface area contributed by atoms with Crippen molar-refractivity contribution in [3.05, 3.63) is 30.1 Å². The van der Waals surface area contributed by atoms with Crippen molar-refractivity contribution in [1.29, 1.82) is 0 Å². The van der Waals surface area contributed by atoms with Gasteiger partial charge in [0.25, 0.3) is 5.91 Å². The van der Waals surface area contributed by atoms with Gasteiger partial charge in [-0.25, -0.2) is 0 Å². The van der Waals surface area contributed by atoms with Crippen LogP contribution in [0.25, 0.3) is 0 Å². The van der Waals surface area contributed by atoms with Crippen molar-refractivity contribution in [2.75, 3.05) is 6.54 Å². The first-order valence-corrected chi connectivity index (χ1v) is 7.74. The van der Waals surface area contributed by atoms with Crippen LogP contribution in [0.5, 0.6) is 0 Å². The van der Waals surface area contributed by atoms with E-state index in [1.807, 2.05) is 12.1 Å². The van der Waals surface area contributed by atoms with E-state index in [0.29, 0.717) is 5.69 Å². The van der Waals surface area contributed by atoms with Crippen LogP contribution in [0.4, 0.5) is 0 Å². The van der Waals surface area contributed by atoms with E-state index in [2.05, 4.69) is 15.6 Å². The van der Waals surface area contributed by atoms with Gasteiger partial charge < -0.3 is 10.6 Å². The minimum Gasteiger partial charge on any atom is -0.348 e. The zero-order valence-electron chi connectivity index (χ0n) is 11.9. The lowest BCUT2D eigenvalue weighted by Gasteiger charge is -2.44. The van der Waals surface area contributed by atoms with Crippen LogP contribution in [0, 0.1) is 0 Å². The average Bonchev–Trinajstić information content (AvgIpc) is 2.49. The number of pyridine rings is 1. The lowest BCUT2D eigenvalue weighted by molar-refractivity contribution is 0.0887. The zero-order valence-corrected chi connectivity index (χ0v) is 11.9. The molecular weight excluding hydrogens is 250 g/mol. The summed E-state index contributed by atoms with van der Waals surface area (Å²) in [6.45, 7) is 1.01. The highest BCUT2D eigenvalue weighted by Crippen LogP contribution is 2.34. The van der Waals surface area contributed by atoms with Gasteiger partial charge in [0.1, 0.15) is 5.69 Å². The molecule has 0 aromatic carbocycles. The second kappa shape index (κ2) is 5.92. The quantitative estimate of drug-likeness (QED) is 0.869. The Hall–Kier alpha value is -1.42. The molecule has 2 fully saturated rings. The molecule has 1 spiro atoms. The van der Waals surface area contributed by atoms with Crippen LogP contribution in [0.3, 0.4) is 0 Å². The molecule has 1 atom stereocenters. The average molecular weight is 273 g/mol. The molecule has 1 amide bonds. The third kappa shape index (κ3) is 3.01. The van der Waals surface area contributed by atoms with E-state index in [1.54, 1.807) is 12.3 Å². The minimum atomic E-state index is -0.0385. The van der Waals surface area contributed by atoms with Crippen molar-refractivity contribution in [3.63, 3.8) is 0 Å². The molecule has 3 rings (SSSR count). The van der Waals surface area contributed by atoms with E-state index < -0.39 is 0 Å². The number of carbonyl (C=O) groups excluding carboxylic acids is 1. The topological polar surface area (TPSA) is 54.0 Å². The number of nitrogens with one attached hydrogen (secondary N) is 2. The first kappa shape index (κ1) is 13.6. The first-order chi connectivity index (χ1) is 9.77. The number of rotatable bonds is 2. The standard InChI is InChI=1S/C16H23N3O/c20-15(14-6-2-5-10-17-14)19-13-7-11-18-16(12-13)8-3-1-4-9-16/h2,5-6,10,13,18H,1,3-4,7-9,11-12H2,(H,19,20). The van der Waals surface area contributed by atoms with Crippen LogP contribution in [0.2, 0.25) is 0 Å². The van der Waals surface area contributed by atoms with Gasteiger partial charge in [0, 0.05) is 17.8 Å². The number of aromatic nitrogens is 1. The van der Waals surface area contributed by atoms with Gasteiger partial charge in [0.05, 0.1) is 0 Å². The summed E-state index contributed by atoms with van der Waals surface area (Å²) in [5, 5.41) is 6.88. The summed E-state index contributed by atoms with van der Waals surface area (Å²) in [5.41, 5.74) is 0.794. The summed E-state index contributed by atoms with van der Waals surface area (Å²) in [6, 6.07) is 5.74. The van der Waals surface area contributed by atoms with E-state index in [0.717, 1.165) is 19.4 Å². The second-order valence-corrected chi connectivity index (χ2v) is 6.15. The molecular formula is C16H23N3O. The number of carbonyl (C=O) groups is 1. The minimum absolute atomic E-state index is 0.0385. The Kier molecular flexibility index (Phi) is 4.01. The van der Waals surface area contributed by atoms with Crippen LogP contribution in [-0.4, -0.2) is 29.0 Å². The Labute approximate surface area is 120 Å². The van der Waals surface area contributed by atoms with Gasteiger partial charge in [-0.3, -0.25) is 9.78 Å². The molecule has 0 bridgehead atoms. The summed E-state index contributed by atoms with van der Waals surface area (Å²) < 4.78 is 0. The second-order valence-electron chi connectivity index (χ2n) is 6.15. The number of hydrogen-bond donors (Lipinski definition) is 2. The number of piperidine rings is 1. The monoisotopic (exact) mass is 273 g/mol. The highest BCUT2D eigenvalue weighted by atomic mass is 16.1. The summed E-state index contributed by atoms with van der Waals surface area (Å²) in [4.78, 5) is 16.3. The van der Waals surface area contributed by atoms with Gasteiger partial charge in [-0.05, 0) is 44.4 Å². The smallest absolute Gasteiger partial charge is 0.270 e. The van der Waals surface area contributed by atoms with Crippen molar-refractivity contribution in [2.24, 2.45) is 0 Å². The van der Waals surface area contributed by atoms with Crippen LogP contribution in [-0.2, 0) is 0 Å². The predicted octanol–water partition coefficient (Wildman–Crippen LogP) is 2.27. The lowest BCUT2D eigenvalue weighted by atomic mass is 9.75. The van der Waals surface area contributed by atoms with Crippen molar-refractivity contribution < 1.29 is 4.79 Å². The number of hydrogen-bond acceptors (Lipinski definition) is 3. The van der Waals surface area contributed by atoms with Gasteiger partial charge in [-0.15, -0.1) is 0 Å². The molecule has 20 heavy (non-hydrogen) atoms. The Morgan fingerprint density at radius 1 is 1.30 bits per heavy atom. The fraction of sp³-hybridized carbons (Fsp3) is 0.625. The molecule has 1 saturated heterocycles. The molecule has 1 aromatic heterocycles. The van der Waals surface area contributed by atoms with Gasteiger partial charge >= 0.3 is 0 Å².